The van der Waals surface area contributed by atoms with Crippen molar-refractivity contribution in [3.63, 3.8) is 0 Å². The number of amides is 1. The number of fused-ring (bicyclic) bond motifs is 3. The molecule has 0 bridgehead atoms. The van der Waals surface area contributed by atoms with Crippen molar-refractivity contribution in [1.82, 2.24) is 10.2 Å². The molecule has 1 fully saturated rings. The molecule has 1 aromatic carbocycles. The molecule has 1 aromatic rings. The normalized spacial score (nSPS) is 29.2. The van der Waals surface area contributed by atoms with Crippen LogP contribution in [0.3, 0.4) is 0 Å². The summed E-state index contributed by atoms with van der Waals surface area (Å²) in [6, 6.07) is 2.05. The van der Waals surface area contributed by atoms with Crippen LogP contribution in [-0.4, -0.2) is 75.6 Å². The maximum atomic E-state index is 13.7. The van der Waals surface area contributed by atoms with E-state index in [2.05, 4.69) is 5.32 Å². The predicted molar refractivity (Wildman–Crippen MR) is 117 cm³/mol. The summed E-state index contributed by atoms with van der Waals surface area (Å²) in [5.41, 5.74) is 3.29. The molecule has 4 atom stereocenters. The van der Waals surface area contributed by atoms with Crippen LogP contribution in [0.25, 0.3) is 5.76 Å². The molecule has 4 rings (SSSR count). The second-order valence-electron chi connectivity index (χ2n) is 9.09. The first-order valence-electron chi connectivity index (χ1n) is 10.6. The molecule has 33 heavy (non-hydrogen) atoms. The molecule has 0 saturated heterocycles. The van der Waals surface area contributed by atoms with Crippen LogP contribution in [-0.2, 0) is 27.3 Å². The minimum atomic E-state index is -2.62. The smallest absolute Gasteiger partial charge is 0.255 e. The van der Waals surface area contributed by atoms with Crippen LogP contribution in [0.2, 0.25) is 0 Å². The van der Waals surface area contributed by atoms with Crippen molar-refractivity contribution in [3.8, 4) is 5.75 Å². The van der Waals surface area contributed by atoms with Gasteiger partial charge in [-0.05, 0) is 57.1 Å². The van der Waals surface area contributed by atoms with Gasteiger partial charge in [-0.3, -0.25) is 19.3 Å². The molecule has 0 spiro atoms. The van der Waals surface area contributed by atoms with Crippen molar-refractivity contribution in [2.45, 2.75) is 31.0 Å². The second kappa shape index (κ2) is 7.68. The molecule has 0 heterocycles. The largest absolute Gasteiger partial charge is 0.508 e. The zero-order valence-corrected chi connectivity index (χ0v) is 18.5. The maximum absolute atomic E-state index is 13.7. The molecule has 1 saturated carbocycles. The van der Waals surface area contributed by atoms with Crippen molar-refractivity contribution in [2.75, 3.05) is 21.1 Å². The summed E-state index contributed by atoms with van der Waals surface area (Å²) in [6.07, 6.45) is 0.348. The van der Waals surface area contributed by atoms with Gasteiger partial charge >= 0.3 is 0 Å². The number of carbonyl (C=O) groups is 3. The molecule has 3 aliphatic rings. The number of hydrogen-bond donors (Lipinski definition) is 6. The first-order valence-corrected chi connectivity index (χ1v) is 10.6. The molecule has 1 amide bonds. The zero-order valence-electron chi connectivity index (χ0n) is 18.5. The molecule has 7 N–H and O–H groups in total. The number of hydrogen-bond acceptors (Lipinski definition) is 9. The van der Waals surface area contributed by atoms with Gasteiger partial charge in [-0.25, -0.2) is 0 Å². The lowest BCUT2D eigenvalue weighted by molar-refractivity contribution is -0.153. The standard InChI is InChI=1S/C23H27N3O7/c1-25-8-9-4-5-13(27)15-11(9)6-10-7-12-17(26(2)3)19(29)16(22(24)32)21(31)23(12,33)20(30)14(10)18(15)28/h4-5,10,12,17,25,27-28,31,33H,6-8H2,1-3H3,(H2,24,32)/t10-,12-,17-,23-/m0/s1. The van der Waals surface area contributed by atoms with Gasteiger partial charge in [0.25, 0.3) is 5.91 Å². The summed E-state index contributed by atoms with van der Waals surface area (Å²) in [5.74, 6) is -6.50. The summed E-state index contributed by atoms with van der Waals surface area (Å²) in [7, 11) is 4.89. The van der Waals surface area contributed by atoms with Gasteiger partial charge in [0.05, 0.1) is 11.6 Å². The van der Waals surface area contributed by atoms with Crippen molar-refractivity contribution >= 4 is 23.2 Å². The Kier molecular flexibility index (Phi) is 5.35. The summed E-state index contributed by atoms with van der Waals surface area (Å²) >= 11 is 0. The van der Waals surface area contributed by atoms with E-state index in [1.807, 2.05) is 0 Å². The van der Waals surface area contributed by atoms with Gasteiger partial charge in [0.2, 0.25) is 5.78 Å². The minimum Gasteiger partial charge on any atom is -0.508 e. The van der Waals surface area contributed by atoms with Crippen LogP contribution in [0.5, 0.6) is 5.75 Å². The highest BCUT2D eigenvalue weighted by molar-refractivity contribution is 6.24. The number of rotatable bonds is 4. The van der Waals surface area contributed by atoms with Crippen LogP contribution in [0.1, 0.15) is 23.1 Å². The van der Waals surface area contributed by atoms with E-state index in [1.54, 1.807) is 27.2 Å². The number of phenols is 1. The molecule has 10 nitrogen and oxygen atoms in total. The molecule has 0 radical (unpaired) electrons. The highest BCUT2D eigenvalue weighted by Crippen LogP contribution is 2.52. The maximum Gasteiger partial charge on any atom is 0.255 e. The van der Waals surface area contributed by atoms with Gasteiger partial charge in [-0.2, -0.15) is 0 Å². The summed E-state index contributed by atoms with van der Waals surface area (Å²) < 4.78 is 0. The number of aliphatic hydroxyl groups is 3. The number of carbonyl (C=O) groups excluding carboxylic acids is 3. The third-order valence-corrected chi connectivity index (χ3v) is 7.07. The Labute approximate surface area is 190 Å². The summed E-state index contributed by atoms with van der Waals surface area (Å²) in [6.45, 7) is 0.462. The molecule has 0 aliphatic heterocycles. The number of primary amides is 1. The Morgan fingerprint density at radius 3 is 2.48 bits per heavy atom. The predicted octanol–water partition coefficient (Wildman–Crippen LogP) is -0.317. The number of likely N-dealkylation sites (N-methyl/N-ethyl adjacent to an activating group) is 1. The van der Waals surface area contributed by atoms with E-state index in [9.17, 15) is 34.8 Å². The van der Waals surface area contributed by atoms with Gasteiger partial charge in [-0.1, -0.05) is 6.07 Å². The third-order valence-electron chi connectivity index (χ3n) is 7.07. The average molecular weight is 457 g/mol. The van der Waals surface area contributed by atoms with Gasteiger partial charge in [0, 0.05) is 18.0 Å². The van der Waals surface area contributed by atoms with Crippen LogP contribution in [0.4, 0.5) is 0 Å². The number of nitrogens with one attached hydrogen (secondary N) is 1. The summed E-state index contributed by atoms with van der Waals surface area (Å²) in [5, 5.41) is 46.9. The van der Waals surface area contributed by atoms with Crippen molar-refractivity contribution in [1.29, 1.82) is 0 Å². The van der Waals surface area contributed by atoms with Crippen molar-refractivity contribution < 1.29 is 34.8 Å². The van der Waals surface area contributed by atoms with E-state index in [1.165, 1.54) is 11.0 Å². The fourth-order valence-electron chi connectivity index (χ4n) is 5.66. The molecule has 3 aliphatic carbocycles. The van der Waals surface area contributed by atoms with Crippen LogP contribution < -0.4 is 11.1 Å². The molecule has 0 unspecified atom stereocenters. The minimum absolute atomic E-state index is 0.0699. The van der Waals surface area contributed by atoms with E-state index < -0.39 is 58.0 Å². The Balaban J connectivity index is 1.97. The monoisotopic (exact) mass is 457 g/mol. The van der Waals surface area contributed by atoms with Gasteiger partial charge in [0.15, 0.2) is 11.4 Å². The molecule has 0 aromatic heterocycles. The Hall–Kier alpha value is -3.21. The lowest BCUT2D eigenvalue weighted by Crippen LogP contribution is -2.65. The zero-order chi connectivity index (χ0) is 24.4. The number of aliphatic hydroxyl groups excluding tert-OH is 2. The highest BCUT2D eigenvalue weighted by atomic mass is 16.3. The van der Waals surface area contributed by atoms with Gasteiger partial charge in [-0.15, -0.1) is 0 Å². The number of nitrogens with two attached hydrogens (primary N) is 1. The number of ketones is 2. The van der Waals surface area contributed by atoms with E-state index in [0.717, 1.165) is 5.56 Å². The van der Waals surface area contributed by atoms with E-state index in [4.69, 9.17) is 5.73 Å². The van der Waals surface area contributed by atoms with Crippen LogP contribution in [0, 0.1) is 11.8 Å². The van der Waals surface area contributed by atoms with Crippen molar-refractivity contribution in [2.24, 2.45) is 17.6 Å². The first-order chi connectivity index (χ1) is 15.5. The molecule has 10 heteroatoms. The Morgan fingerprint density at radius 2 is 1.91 bits per heavy atom. The van der Waals surface area contributed by atoms with Crippen LogP contribution in [0.15, 0.2) is 29.0 Å². The van der Waals surface area contributed by atoms with E-state index in [-0.39, 0.29) is 29.7 Å². The van der Waals surface area contributed by atoms with E-state index >= 15 is 0 Å². The van der Waals surface area contributed by atoms with Gasteiger partial charge in [0.1, 0.15) is 22.8 Å². The summed E-state index contributed by atoms with van der Waals surface area (Å²) in [4.78, 5) is 40.2. The van der Waals surface area contributed by atoms with Crippen LogP contribution >= 0.6 is 0 Å². The number of aromatic hydroxyl groups is 1. The number of benzene rings is 1. The molecule has 176 valence electrons. The Bertz CT molecular complexity index is 1150. The quantitative estimate of drug-likeness (QED) is 0.331. The average Bonchev–Trinajstić information content (AvgIpc) is 2.72. The lowest BCUT2D eigenvalue weighted by atomic mass is 9.57. The fraction of sp³-hybridized carbons (Fsp3) is 0.435. The fourth-order valence-corrected chi connectivity index (χ4v) is 5.66. The topological polar surface area (TPSA) is 173 Å². The third kappa shape index (κ3) is 3.01. The molecular formula is C23H27N3O7. The van der Waals surface area contributed by atoms with Gasteiger partial charge < -0.3 is 31.5 Å². The lowest BCUT2D eigenvalue weighted by Gasteiger charge is -2.50. The number of phenolic OH excluding ortho intramolecular Hbond substituents is 1. The van der Waals surface area contributed by atoms with Crippen molar-refractivity contribution in [3.05, 3.63) is 45.7 Å². The Morgan fingerprint density at radius 1 is 1.24 bits per heavy atom. The molecular weight excluding hydrogens is 430 g/mol. The number of Topliss-reactive ketones (excluding diaryl/α,β-unsaturated/α-hetero) is 2. The highest BCUT2D eigenvalue weighted by Gasteiger charge is 2.64. The van der Waals surface area contributed by atoms with E-state index in [0.29, 0.717) is 12.1 Å². The first kappa shape index (κ1) is 23.0. The SMILES string of the molecule is CNCc1ccc(O)c2c1C[C@H]1C[C@H]3[C@H](N(C)C)C(=O)C(C(N)=O)=C(O)[C@@]3(O)C(=O)C1=C2O. The number of nitrogens with zero attached hydrogens (tertiary/aromatic N) is 1. The second-order valence-corrected chi connectivity index (χ2v) is 9.09.